The smallest absolute Gasteiger partial charge is 0.270 e. The van der Waals surface area contributed by atoms with E-state index in [9.17, 15) is 10.1 Å². The number of non-ortho nitro benzene ring substituents is 1. The number of aromatic nitrogens is 1. The maximum absolute atomic E-state index is 10.9. The highest BCUT2D eigenvalue weighted by Gasteiger charge is 2.15. The Bertz CT molecular complexity index is 918. The van der Waals surface area contributed by atoms with Crippen molar-refractivity contribution in [3.05, 3.63) is 58.1 Å². The first-order valence-electron chi connectivity index (χ1n) is 8.32. The normalized spacial score (nSPS) is 14.2. The standard InChI is InChI=1S/C18H18N4O2S/c23-22(24)14-7-8-15-17(11-14)25-18(20-15)19-12-13-5-1-2-6-16(13)21-9-3-4-10-21/h1-2,5-8,11H,3-4,9-10,12H2,(H,19,20). The number of nitro groups is 1. The van der Waals surface area contributed by atoms with E-state index in [4.69, 9.17) is 0 Å². The van der Waals surface area contributed by atoms with Crippen LogP contribution in [0.3, 0.4) is 0 Å². The first-order chi connectivity index (χ1) is 12.2. The largest absolute Gasteiger partial charge is 0.371 e. The van der Waals surface area contributed by atoms with Gasteiger partial charge in [0.1, 0.15) is 0 Å². The molecule has 1 aromatic heterocycles. The van der Waals surface area contributed by atoms with Crippen LogP contribution in [-0.2, 0) is 6.54 Å². The molecule has 0 amide bonds. The molecule has 1 aliphatic heterocycles. The zero-order valence-corrected chi connectivity index (χ0v) is 14.5. The van der Waals surface area contributed by atoms with Gasteiger partial charge < -0.3 is 10.2 Å². The molecule has 0 saturated carbocycles. The molecule has 0 bridgehead atoms. The minimum atomic E-state index is -0.376. The van der Waals surface area contributed by atoms with E-state index in [-0.39, 0.29) is 10.6 Å². The van der Waals surface area contributed by atoms with Crippen LogP contribution in [0.1, 0.15) is 18.4 Å². The SMILES string of the molecule is O=[N+]([O-])c1ccc2nc(NCc3ccccc3N3CCCC3)sc2c1. The fourth-order valence-corrected chi connectivity index (χ4v) is 4.09. The fraction of sp³-hybridized carbons (Fsp3) is 0.278. The van der Waals surface area contributed by atoms with Gasteiger partial charge in [-0.2, -0.15) is 0 Å². The van der Waals surface area contributed by atoms with Crippen molar-refractivity contribution in [2.75, 3.05) is 23.3 Å². The summed E-state index contributed by atoms with van der Waals surface area (Å²) in [5, 5.41) is 15.1. The monoisotopic (exact) mass is 354 g/mol. The van der Waals surface area contributed by atoms with Crippen molar-refractivity contribution in [2.45, 2.75) is 19.4 Å². The maximum atomic E-state index is 10.9. The molecule has 0 aliphatic carbocycles. The molecule has 1 N–H and O–H groups in total. The van der Waals surface area contributed by atoms with E-state index in [1.807, 2.05) is 0 Å². The summed E-state index contributed by atoms with van der Waals surface area (Å²) in [5.41, 5.74) is 3.41. The Kier molecular flexibility index (Phi) is 4.23. The Morgan fingerprint density at radius 2 is 2.00 bits per heavy atom. The van der Waals surface area contributed by atoms with Crippen LogP contribution >= 0.6 is 11.3 Å². The number of anilines is 2. The molecule has 0 radical (unpaired) electrons. The van der Waals surface area contributed by atoms with E-state index < -0.39 is 0 Å². The molecule has 25 heavy (non-hydrogen) atoms. The summed E-state index contributed by atoms with van der Waals surface area (Å²) in [6.07, 6.45) is 2.50. The van der Waals surface area contributed by atoms with Crippen molar-refractivity contribution in [2.24, 2.45) is 0 Å². The predicted octanol–water partition coefficient (Wildman–Crippen LogP) is 4.42. The molecular weight excluding hydrogens is 336 g/mol. The Morgan fingerprint density at radius 3 is 2.80 bits per heavy atom. The lowest BCUT2D eigenvalue weighted by Gasteiger charge is -2.21. The molecule has 6 nitrogen and oxygen atoms in total. The number of para-hydroxylation sites is 1. The molecule has 4 rings (SSSR count). The quantitative estimate of drug-likeness (QED) is 0.542. The molecule has 1 saturated heterocycles. The molecule has 2 aromatic carbocycles. The Balaban J connectivity index is 1.53. The lowest BCUT2D eigenvalue weighted by molar-refractivity contribution is -0.384. The molecule has 0 unspecified atom stereocenters. The van der Waals surface area contributed by atoms with Crippen molar-refractivity contribution in [3.8, 4) is 0 Å². The first kappa shape index (κ1) is 15.8. The number of thiazole rings is 1. The lowest BCUT2D eigenvalue weighted by Crippen LogP contribution is -2.19. The van der Waals surface area contributed by atoms with Gasteiger partial charge in [-0.25, -0.2) is 4.98 Å². The van der Waals surface area contributed by atoms with Crippen LogP contribution in [0.25, 0.3) is 10.2 Å². The van der Waals surface area contributed by atoms with Gasteiger partial charge in [-0.15, -0.1) is 0 Å². The summed E-state index contributed by atoms with van der Waals surface area (Å²) in [6.45, 7) is 2.91. The minimum absolute atomic E-state index is 0.0991. The van der Waals surface area contributed by atoms with E-state index >= 15 is 0 Å². The number of rotatable bonds is 5. The van der Waals surface area contributed by atoms with Gasteiger partial charge >= 0.3 is 0 Å². The van der Waals surface area contributed by atoms with Crippen LogP contribution in [-0.4, -0.2) is 23.0 Å². The van der Waals surface area contributed by atoms with Gasteiger partial charge in [-0.1, -0.05) is 29.5 Å². The van der Waals surface area contributed by atoms with Crippen molar-refractivity contribution >= 4 is 38.1 Å². The molecular formula is C18H18N4O2S. The Labute approximate surface area is 149 Å². The summed E-state index contributed by atoms with van der Waals surface area (Å²) in [4.78, 5) is 17.5. The van der Waals surface area contributed by atoms with Gasteiger partial charge in [0.25, 0.3) is 5.69 Å². The van der Waals surface area contributed by atoms with Crippen molar-refractivity contribution < 1.29 is 4.92 Å². The van der Waals surface area contributed by atoms with Crippen LogP contribution in [0.5, 0.6) is 0 Å². The van der Waals surface area contributed by atoms with Crippen molar-refractivity contribution in [1.29, 1.82) is 0 Å². The second-order valence-corrected chi connectivity index (χ2v) is 7.14. The third-order valence-electron chi connectivity index (χ3n) is 4.45. The number of nitrogens with zero attached hydrogens (tertiary/aromatic N) is 3. The van der Waals surface area contributed by atoms with Crippen molar-refractivity contribution in [3.63, 3.8) is 0 Å². The molecule has 3 aromatic rings. The zero-order valence-electron chi connectivity index (χ0n) is 13.6. The van der Waals surface area contributed by atoms with Gasteiger partial charge in [0.05, 0.1) is 15.1 Å². The number of hydrogen-bond acceptors (Lipinski definition) is 6. The second kappa shape index (κ2) is 6.68. The van der Waals surface area contributed by atoms with Crippen LogP contribution < -0.4 is 10.2 Å². The zero-order chi connectivity index (χ0) is 17.2. The predicted molar refractivity (Wildman–Crippen MR) is 101 cm³/mol. The molecule has 7 heteroatoms. The molecule has 1 fully saturated rings. The van der Waals surface area contributed by atoms with E-state index in [0.717, 1.165) is 28.4 Å². The number of nitrogens with one attached hydrogen (secondary N) is 1. The van der Waals surface area contributed by atoms with E-state index in [0.29, 0.717) is 6.54 Å². The highest BCUT2D eigenvalue weighted by atomic mass is 32.1. The van der Waals surface area contributed by atoms with Crippen molar-refractivity contribution in [1.82, 2.24) is 4.98 Å². The summed E-state index contributed by atoms with van der Waals surface area (Å²) in [6, 6.07) is 13.2. The van der Waals surface area contributed by atoms with Crippen LogP contribution in [0.15, 0.2) is 42.5 Å². The maximum Gasteiger partial charge on any atom is 0.270 e. The summed E-state index contributed by atoms with van der Waals surface area (Å²) < 4.78 is 0.824. The van der Waals surface area contributed by atoms with Gasteiger partial charge in [-0.3, -0.25) is 10.1 Å². The van der Waals surface area contributed by atoms with Crippen LogP contribution in [0.4, 0.5) is 16.5 Å². The molecule has 2 heterocycles. The van der Waals surface area contributed by atoms with Crippen LogP contribution in [0.2, 0.25) is 0 Å². The van der Waals surface area contributed by atoms with Gasteiger partial charge in [0.2, 0.25) is 0 Å². The summed E-state index contributed by atoms with van der Waals surface area (Å²) in [5.74, 6) is 0. The molecule has 1 aliphatic rings. The van der Waals surface area contributed by atoms with Gasteiger partial charge in [-0.05, 0) is 30.5 Å². The number of fused-ring (bicyclic) bond motifs is 1. The summed E-state index contributed by atoms with van der Waals surface area (Å²) in [7, 11) is 0. The van der Waals surface area contributed by atoms with E-state index in [2.05, 4.69) is 39.5 Å². The van der Waals surface area contributed by atoms with E-state index in [1.165, 1.54) is 41.5 Å². The Morgan fingerprint density at radius 1 is 1.20 bits per heavy atom. The molecule has 128 valence electrons. The fourth-order valence-electron chi connectivity index (χ4n) is 3.20. The second-order valence-electron chi connectivity index (χ2n) is 6.10. The average molecular weight is 354 g/mol. The Hall–Kier alpha value is -2.67. The topological polar surface area (TPSA) is 71.3 Å². The minimum Gasteiger partial charge on any atom is -0.371 e. The highest BCUT2D eigenvalue weighted by molar-refractivity contribution is 7.22. The lowest BCUT2D eigenvalue weighted by atomic mass is 10.1. The number of benzene rings is 2. The van der Waals surface area contributed by atoms with E-state index in [1.54, 1.807) is 12.1 Å². The third-order valence-corrected chi connectivity index (χ3v) is 5.43. The van der Waals surface area contributed by atoms with Gasteiger partial charge in [0.15, 0.2) is 5.13 Å². The molecule has 0 spiro atoms. The van der Waals surface area contributed by atoms with Gasteiger partial charge in [0, 0.05) is 37.5 Å². The average Bonchev–Trinajstić information content (AvgIpc) is 3.28. The number of nitro benzene ring substituents is 1. The third kappa shape index (κ3) is 3.28. The first-order valence-corrected chi connectivity index (χ1v) is 9.14. The van der Waals surface area contributed by atoms with Crippen LogP contribution in [0, 0.1) is 10.1 Å². The summed E-state index contributed by atoms with van der Waals surface area (Å²) >= 11 is 1.45. The molecule has 0 atom stereocenters. The number of hydrogen-bond donors (Lipinski definition) is 1. The highest BCUT2D eigenvalue weighted by Crippen LogP contribution is 2.30.